The van der Waals surface area contributed by atoms with Crippen LogP contribution < -0.4 is 4.72 Å². The van der Waals surface area contributed by atoms with Crippen LogP contribution in [0.3, 0.4) is 0 Å². The highest BCUT2D eigenvalue weighted by atomic mass is 35.5. The van der Waals surface area contributed by atoms with Gasteiger partial charge in [-0.15, -0.1) is 0 Å². The van der Waals surface area contributed by atoms with Gasteiger partial charge in [-0.05, 0) is 48.9 Å². The van der Waals surface area contributed by atoms with E-state index in [4.69, 9.17) is 11.6 Å². The Bertz CT molecular complexity index is 1120. The van der Waals surface area contributed by atoms with Crippen molar-refractivity contribution >= 4 is 39.2 Å². The first-order valence-electron chi connectivity index (χ1n) is 8.52. The summed E-state index contributed by atoms with van der Waals surface area (Å²) in [5, 5.41) is 0.383. The van der Waals surface area contributed by atoms with Gasteiger partial charge >= 0.3 is 0 Å². The summed E-state index contributed by atoms with van der Waals surface area (Å²) >= 11 is 6.05. The van der Waals surface area contributed by atoms with Gasteiger partial charge in [-0.25, -0.2) is 8.42 Å². The van der Waals surface area contributed by atoms with Gasteiger partial charge in [0, 0.05) is 10.6 Å². The average Bonchev–Trinajstić information content (AvgIpc) is 2.68. The Balaban J connectivity index is 1.90. The number of anilines is 1. The van der Waals surface area contributed by atoms with Crippen molar-refractivity contribution in [3.63, 3.8) is 0 Å². The second kappa shape index (κ2) is 8.42. The molecule has 0 saturated heterocycles. The van der Waals surface area contributed by atoms with E-state index in [-0.39, 0.29) is 10.7 Å². The molecule has 3 aromatic rings. The summed E-state index contributed by atoms with van der Waals surface area (Å²) in [7, 11) is -3.79. The summed E-state index contributed by atoms with van der Waals surface area (Å²) in [6.45, 7) is 1.88. The molecule has 0 aliphatic heterocycles. The molecule has 6 heteroatoms. The van der Waals surface area contributed by atoms with Gasteiger partial charge in [0.15, 0.2) is 5.78 Å². The van der Waals surface area contributed by atoms with Crippen molar-refractivity contribution in [3.8, 4) is 0 Å². The molecule has 0 radical (unpaired) electrons. The lowest BCUT2D eigenvalue weighted by Crippen LogP contribution is -2.13. The number of hydrogen-bond donors (Lipinski definition) is 1. The Labute approximate surface area is 169 Å². The van der Waals surface area contributed by atoms with Gasteiger partial charge in [0.2, 0.25) is 0 Å². The molecule has 142 valence electrons. The smallest absolute Gasteiger partial charge is 0.261 e. The molecule has 0 aromatic heterocycles. The van der Waals surface area contributed by atoms with Crippen molar-refractivity contribution in [2.45, 2.75) is 11.8 Å². The molecule has 0 aliphatic carbocycles. The molecule has 0 spiro atoms. The van der Waals surface area contributed by atoms with Crippen LogP contribution in [0.4, 0.5) is 5.69 Å². The molecule has 0 bridgehead atoms. The Hall–Kier alpha value is -2.89. The van der Waals surface area contributed by atoms with Gasteiger partial charge < -0.3 is 0 Å². The molecule has 3 aromatic carbocycles. The Morgan fingerprint density at radius 2 is 1.64 bits per heavy atom. The second-order valence-corrected chi connectivity index (χ2v) is 8.33. The molecule has 28 heavy (non-hydrogen) atoms. The van der Waals surface area contributed by atoms with Gasteiger partial charge in [0.25, 0.3) is 10.0 Å². The summed E-state index contributed by atoms with van der Waals surface area (Å²) in [6.07, 6.45) is 2.97. The predicted octanol–water partition coefficient (Wildman–Crippen LogP) is 5.35. The Kier molecular flexibility index (Phi) is 5.97. The molecule has 0 unspecified atom stereocenters. The fourth-order valence-electron chi connectivity index (χ4n) is 2.55. The highest BCUT2D eigenvalue weighted by Crippen LogP contribution is 2.25. The quantitative estimate of drug-likeness (QED) is 0.439. The largest absolute Gasteiger partial charge is 0.289 e. The maximum absolute atomic E-state index is 12.7. The van der Waals surface area contributed by atoms with E-state index < -0.39 is 10.0 Å². The number of aryl methyl sites for hydroxylation is 1. The summed E-state index contributed by atoms with van der Waals surface area (Å²) in [6, 6.07) is 20.2. The molecule has 0 heterocycles. The van der Waals surface area contributed by atoms with Crippen LogP contribution in [0.1, 0.15) is 21.5 Å². The van der Waals surface area contributed by atoms with E-state index in [1.54, 1.807) is 54.6 Å². The standard InChI is InChI=1S/C22H18ClNO3S/c1-16-7-12-20(13-8-16)28(26,27)24-21-15-19(23)11-9-17(21)10-14-22(25)18-5-3-2-4-6-18/h2-15,24H,1H3/b14-10+. The topological polar surface area (TPSA) is 63.2 Å². The molecule has 0 fully saturated rings. The van der Waals surface area contributed by atoms with Crippen molar-refractivity contribution in [2.24, 2.45) is 0 Å². The van der Waals surface area contributed by atoms with E-state index in [1.165, 1.54) is 24.3 Å². The van der Waals surface area contributed by atoms with E-state index >= 15 is 0 Å². The van der Waals surface area contributed by atoms with Crippen LogP contribution in [0, 0.1) is 6.92 Å². The van der Waals surface area contributed by atoms with Crippen molar-refractivity contribution in [1.82, 2.24) is 0 Å². The minimum Gasteiger partial charge on any atom is -0.289 e. The van der Waals surface area contributed by atoms with E-state index in [9.17, 15) is 13.2 Å². The molecular formula is C22H18ClNO3S. The lowest BCUT2D eigenvalue weighted by Gasteiger charge is -2.11. The first kappa shape index (κ1) is 19.9. The van der Waals surface area contributed by atoms with Gasteiger partial charge in [0.05, 0.1) is 10.6 Å². The molecule has 4 nitrogen and oxygen atoms in total. The van der Waals surface area contributed by atoms with Crippen LogP contribution >= 0.6 is 11.6 Å². The molecular weight excluding hydrogens is 394 g/mol. The van der Waals surface area contributed by atoms with Crippen LogP contribution in [-0.2, 0) is 10.0 Å². The van der Waals surface area contributed by atoms with Crippen molar-refractivity contribution in [1.29, 1.82) is 0 Å². The number of sulfonamides is 1. The third kappa shape index (κ3) is 4.88. The first-order chi connectivity index (χ1) is 13.3. The summed E-state index contributed by atoms with van der Waals surface area (Å²) < 4.78 is 27.9. The van der Waals surface area contributed by atoms with Gasteiger partial charge in [-0.1, -0.05) is 65.7 Å². The van der Waals surface area contributed by atoms with Crippen LogP contribution in [0.5, 0.6) is 0 Å². The zero-order valence-corrected chi connectivity index (χ0v) is 16.7. The van der Waals surface area contributed by atoms with Gasteiger partial charge in [0.1, 0.15) is 0 Å². The fourth-order valence-corrected chi connectivity index (χ4v) is 3.80. The number of allylic oxidation sites excluding steroid dienone is 1. The second-order valence-electron chi connectivity index (χ2n) is 6.21. The van der Waals surface area contributed by atoms with E-state index in [1.807, 2.05) is 13.0 Å². The minimum absolute atomic E-state index is 0.147. The maximum Gasteiger partial charge on any atom is 0.261 e. The number of carbonyl (C=O) groups excluding carboxylic acids is 1. The molecule has 1 N–H and O–H groups in total. The highest BCUT2D eigenvalue weighted by molar-refractivity contribution is 7.92. The summed E-state index contributed by atoms with van der Waals surface area (Å²) in [4.78, 5) is 12.4. The van der Waals surface area contributed by atoms with Gasteiger partial charge in [-0.2, -0.15) is 0 Å². The Morgan fingerprint density at radius 1 is 0.964 bits per heavy atom. The van der Waals surface area contributed by atoms with E-state index in [0.29, 0.717) is 21.8 Å². The zero-order chi connectivity index (χ0) is 20.1. The number of nitrogens with one attached hydrogen (secondary N) is 1. The number of ketones is 1. The number of rotatable bonds is 6. The molecule has 0 atom stereocenters. The lowest BCUT2D eigenvalue weighted by molar-refractivity contribution is 0.104. The van der Waals surface area contributed by atoms with Gasteiger partial charge in [-0.3, -0.25) is 9.52 Å². The fraction of sp³-hybridized carbons (Fsp3) is 0.0455. The molecule has 0 saturated carbocycles. The monoisotopic (exact) mass is 411 g/mol. The van der Waals surface area contributed by atoms with Crippen molar-refractivity contribution < 1.29 is 13.2 Å². The number of benzene rings is 3. The first-order valence-corrected chi connectivity index (χ1v) is 10.4. The zero-order valence-electron chi connectivity index (χ0n) is 15.1. The van der Waals surface area contributed by atoms with E-state index in [2.05, 4.69) is 4.72 Å². The SMILES string of the molecule is Cc1ccc(S(=O)(=O)Nc2cc(Cl)ccc2/C=C/C(=O)c2ccccc2)cc1. The van der Waals surface area contributed by atoms with Crippen molar-refractivity contribution in [2.75, 3.05) is 4.72 Å². The Morgan fingerprint density at radius 3 is 2.32 bits per heavy atom. The van der Waals surface area contributed by atoms with E-state index in [0.717, 1.165) is 5.56 Å². The highest BCUT2D eigenvalue weighted by Gasteiger charge is 2.16. The number of halogens is 1. The number of carbonyl (C=O) groups is 1. The van der Waals surface area contributed by atoms with Crippen LogP contribution in [0.15, 0.2) is 83.8 Å². The number of hydrogen-bond acceptors (Lipinski definition) is 3. The summed E-state index contributed by atoms with van der Waals surface area (Å²) in [5.41, 5.74) is 2.34. The molecule has 0 amide bonds. The molecule has 3 rings (SSSR count). The third-order valence-electron chi connectivity index (χ3n) is 4.06. The van der Waals surface area contributed by atoms with Crippen LogP contribution in [0.2, 0.25) is 5.02 Å². The third-order valence-corrected chi connectivity index (χ3v) is 5.68. The predicted molar refractivity (Wildman–Crippen MR) is 113 cm³/mol. The lowest BCUT2D eigenvalue weighted by atomic mass is 10.1. The van der Waals surface area contributed by atoms with Crippen molar-refractivity contribution in [3.05, 3.63) is 101 Å². The minimum atomic E-state index is -3.79. The molecule has 0 aliphatic rings. The van der Waals surface area contributed by atoms with Crippen LogP contribution in [-0.4, -0.2) is 14.2 Å². The normalized spacial score (nSPS) is 11.5. The maximum atomic E-state index is 12.7. The summed E-state index contributed by atoms with van der Waals surface area (Å²) in [5.74, 6) is -0.178. The average molecular weight is 412 g/mol. The van der Waals surface area contributed by atoms with Crippen LogP contribution in [0.25, 0.3) is 6.08 Å².